The molecule has 0 heterocycles. The van der Waals surface area contributed by atoms with Crippen LogP contribution in [0.15, 0.2) is 122 Å². The van der Waals surface area contributed by atoms with Crippen LogP contribution in [0.3, 0.4) is 0 Å². The summed E-state index contributed by atoms with van der Waals surface area (Å²) in [5.74, 6) is -0.838. The van der Waals surface area contributed by atoms with Gasteiger partial charge in [0.05, 0.1) is 27.7 Å². The van der Waals surface area contributed by atoms with Gasteiger partial charge in [-0.05, 0) is 109 Å². The highest BCUT2D eigenvalue weighted by atomic mass is 31.2. The zero-order chi connectivity index (χ0) is 59.8. The molecule has 0 spiro atoms. The molecule has 0 aromatic carbocycles. The standard InChI is InChI=1S/C72H124NO8P/c1-6-8-10-12-14-16-18-20-22-24-26-27-28-29-30-31-32-33-34-35-36-37-38-39-40-41-42-43-44-45-47-49-51-53-55-57-59-61-63-65-72(75)81-70(69-80-82(76,77)79-67-66-73(3,4)5)68-78-71(74)64-62-60-58-56-54-52-50-48-46-25-23-21-19-17-15-13-11-9-7-2/h8,10,14-17,20-23,26-27,29-30,32-33,35-36,38-39,70H,6-7,9,11-13,18-19,24-25,28,31,34,37,40-69H2,1-5H3/b10-8-,16-14-,17-15-,22-20-,23-21-,27-26-,30-29-,33-32-,36-35-,39-38-. The molecule has 0 fully saturated rings. The number of carbonyl (C=O) groups excluding carboxylic acids is 2. The summed E-state index contributed by atoms with van der Waals surface area (Å²) < 4.78 is 34.2. The van der Waals surface area contributed by atoms with Crippen LogP contribution < -0.4 is 4.89 Å². The highest BCUT2D eigenvalue weighted by Gasteiger charge is 2.22. The summed E-state index contributed by atoms with van der Waals surface area (Å²) in [6.07, 6.45) is 88.3. The van der Waals surface area contributed by atoms with Crippen molar-refractivity contribution >= 4 is 19.8 Å². The van der Waals surface area contributed by atoms with Gasteiger partial charge in [-0.2, -0.15) is 0 Å². The fourth-order valence-electron chi connectivity index (χ4n) is 8.88. The van der Waals surface area contributed by atoms with Crippen molar-refractivity contribution in [2.75, 3.05) is 47.5 Å². The molecule has 82 heavy (non-hydrogen) atoms. The molecular weight excluding hydrogens is 1040 g/mol. The molecule has 470 valence electrons. The lowest BCUT2D eigenvalue weighted by Gasteiger charge is -2.28. The Balaban J connectivity index is 4.05. The maximum absolute atomic E-state index is 12.8. The Morgan fingerprint density at radius 1 is 0.390 bits per heavy atom. The fourth-order valence-corrected chi connectivity index (χ4v) is 9.61. The van der Waals surface area contributed by atoms with Crippen LogP contribution in [0.25, 0.3) is 0 Å². The van der Waals surface area contributed by atoms with E-state index in [2.05, 4.69) is 135 Å². The number of rotatable bonds is 60. The van der Waals surface area contributed by atoms with Crippen LogP contribution in [0.1, 0.15) is 271 Å². The number of phosphoric acid groups is 1. The lowest BCUT2D eigenvalue weighted by atomic mass is 10.0. The first-order chi connectivity index (χ1) is 40.0. The lowest BCUT2D eigenvalue weighted by molar-refractivity contribution is -0.870. The molecule has 0 aromatic heterocycles. The van der Waals surface area contributed by atoms with Crippen molar-refractivity contribution < 1.29 is 42.1 Å². The number of phosphoric ester groups is 1. The second kappa shape index (κ2) is 62.0. The predicted molar refractivity (Wildman–Crippen MR) is 351 cm³/mol. The Morgan fingerprint density at radius 3 is 1.04 bits per heavy atom. The Kier molecular flexibility index (Phi) is 59.2. The maximum atomic E-state index is 12.8. The number of quaternary nitrogens is 1. The molecule has 0 saturated heterocycles. The molecule has 0 N–H and O–H groups in total. The van der Waals surface area contributed by atoms with Gasteiger partial charge in [0.1, 0.15) is 19.8 Å². The van der Waals surface area contributed by atoms with Gasteiger partial charge in [0.2, 0.25) is 0 Å². The van der Waals surface area contributed by atoms with Gasteiger partial charge in [0.15, 0.2) is 6.10 Å². The monoisotopic (exact) mass is 1160 g/mol. The summed E-state index contributed by atoms with van der Waals surface area (Å²) in [5, 5.41) is 0. The van der Waals surface area contributed by atoms with Crippen molar-refractivity contribution in [1.29, 1.82) is 0 Å². The number of hydrogen-bond acceptors (Lipinski definition) is 8. The SMILES string of the molecule is CC/C=C\C/C=C\C/C=C\C/C=C\C/C=C\C/C=C\C/C=C\C/C=C\CCCCCCCCCCCCCCCCC(=O)OC(COC(=O)CCCCCCCCCCC/C=C\C/C=C\CCCCC)COP(=O)([O-])OCC[N+](C)(C)C. The first-order valence-corrected chi connectivity index (χ1v) is 34.7. The molecule has 9 nitrogen and oxygen atoms in total. The van der Waals surface area contributed by atoms with Gasteiger partial charge in [-0.25, -0.2) is 0 Å². The van der Waals surface area contributed by atoms with E-state index in [0.29, 0.717) is 17.4 Å². The average molecular weight is 1160 g/mol. The minimum Gasteiger partial charge on any atom is -0.756 e. The molecule has 0 aliphatic carbocycles. The van der Waals surface area contributed by atoms with Crippen LogP contribution in [-0.2, 0) is 32.7 Å². The zero-order valence-corrected chi connectivity index (χ0v) is 54.3. The van der Waals surface area contributed by atoms with Gasteiger partial charge in [-0.3, -0.25) is 14.2 Å². The maximum Gasteiger partial charge on any atom is 0.306 e. The van der Waals surface area contributed by atoms with Gasteiger partial charge >= 0.3 is 11.9 Å². The van der Waals surface area contributed by atoms with Gasteiger partial charge in [-0.15, -0.1) is 0 Å². The van der Waals surface area contributed by atoms with E-state index in [1.807, 2.05) is 21.1 Å². The number of esters is 2. The molecule has 0 saturated carbocycles. The third-order valence-electron chi connectivity index (χ3n) is 14.0. The van der Waals surface area contributed by atoms with Crippen LogP contribution in [0, 0.1) is 0 Å². The van der Waals surface area contributed by atoms with Gasteiger partial charge in [0, 0.05) is 12.8 Å². The number of unbranched alkanes of at least 4 members (excludes halogenated alkanes) is 26. The zero-order valence-electron chi connectivity index (χ0n) is 53.4. The number of hydrogen-bond donors (Lipinski definition) is 0. The van der Waals surface area contributed by atoms with Crippen LogP contribution in [0.5, 0.6) is 0 Å². The van der Waals surface area contributed by atoms with E-state index in [1.54, 1.807) is 0 Å². The van der Waals surface area contributed by atoms with Crippen molar-refractivity contribution in [2.45, 2.75) is 277 Å². The summed E-state index contributed by atoms with van der Waals surface area (Å²) in [4.78, 5) is 38.0. The molecule has 0 aliphatic heterocycles. The molecule has 10 heteroatoms. The summed E-state index contributed by atoms with van der Waals surface area (Å²) in [7, 11) is 1.16. The second-order valence-corrected chi connectivity index (χ2v) is 24.5. The van der Waals surface area contributed by atoms with E-state index in [1.165, 1.54) is 128 Å². The van der Waals surface area contributed by atoms with Gasteiger partial charge in [-0.1, -0.05) is 270 Å². The fraction of sp³-hybridized carbons (Fsp3) is 0.694. The van der Waals surface area contributed by atoms with E-state index in [0.717, 1.165) is 109 Å². The Morgan fingerprint density at radius 2 is 0.695 bits per heavy atom. The smallest absolute Gasteiger partial charge is 0.306 e. The Bertz CT molecular complexity index is 1800. The summed E-state index contributed by atoms with van der Waals surface area (Å²) in [5.41, 5.74) is 0. The third kappa shape index (κ3) is 65.6. The second-order valence-electron chi connectivity index (χ2n) is 23.1. The van der Waals surface area contributed by atoms with Crippen molar-refractivity contribution in [1.82, 2.24) is 0 Å². The Labute approximate surface area is 505 Å². The molecular formula is C72H124NO8P. The summed E-state index contributed by atoms with van der Waals surface area (Å²) >= 11 is 0. The van der Waals surface area contributed by atoms with Gasteiger partial charge < -0.3 is 27.9 Å². The van der Waals surface area contributed by atoms with Gasteiger partial charge in [0.25, 0.3) is 7.82 Å². The van der Waals surface area contributed by atoms with Crippen molar-refractivity contribution in [3.63, 3.8) is 0 Å². The topological polar surface area (TPSA) is 111 Å². The largest absolute Gasteiger partial charge is 0.756 e. The molecule has 0 amide bonds. The Hall–Kier alpha value is -3.59. The molecule has 0 bridgehead atoms. The number of ether oxygens (including phenoxy) is 2. The first-order valence-electron chi connectivity index (χ1n) is 33.2. The summed E-state index contributed by atoms with van der Waals surface area (Å²) in [6, 6.07) is 0. The summed E-state index contributed by atoms with van der Waals surface area (Å²) in [6.45, 7) is 4.10. The highest BCUT2D eigenvalue weighted by Crippen LogP contribution is 2.38. The van der Waals surface area contributed by atoms with E-state index >= 15 is 0 Å². The first kappa shape index (κ1) is 78.4. The normalized spacial score (nSPS) is 14.0. The minimum absolute atomic E-state index is 0.0356. The average Bonchev–Trinajstić information content (AvgIpc) is 3.46. The van der Waals surface area contributed by atoms with E-state index in [4.69, 9.17) is 18.5 Å². The van der Waals surface area contributed by atoms with E-state index in [-0.39, 0.29) is 32.0 Å². The van der Waals surface area contributed by atoms with Crippen LogP contribution in [0.4, 0.5) is 0 Å². The van der Waals surface area contributed by atoms with Crippen molar-refractivity contribution in [3.8, 4) is 0 Å². The van der Waals surface area contributed by atoms with E-state index in [9.17, 15) is 19.0 Å². The van der Waals surface area contributed by atoms with Crippen molar-refractivity contribution in [2.24, 2.45) is 0 Å². The number of nitrogens with zero attached hydrogens (tertiary/aromatic N) is 1. The predicted octanol–water partition coefficient (Wildman–Crippen LogP) is 20.9. The third-order valence-corrected chi connectivity index (χ3v) is 14.9. The minimum atomic E-state index is -4.65. The molecule has 0 radical (unpaired) electrons. The number of allylic oxidation sites excluding steroid dienone is 20. The van der Waals surface area contributed by atoms with Crippen LogP contribution >= 0.6 is 7.82 Å². The molecule has 2 atom stereocenters. The lowest BCUT2D eigenvalue weighted by Crippen LogP contribution is -2.37. The van der Waals surface area contributed by atoms with Crippen LogP contribution in [0.2, 0.25) is 0 Å². The van der Waals surface area contributed by atoms with Crippen LogP contribution in [-0.4, -0.2) is 70.0 Å². The number of likely N-dealkylation sites (N-methyl/N-ethyl adjacent to an activating group) is 1. The van der Waals surface area contributed by atoms with E-state index < -0.39 is 26.5 Å². The molecule has 0 aliphatic rings. The molecule has 0 aromatic rings. The van der Waals surface area contributed by atoms with Crippen molar-refractivity contribution in [3.05, 3.63) is 122 Å². The number of carbonyl (C=O) groups is 2. The molecule has 0 rings (SSSR count). The molecule has 2 unspecified atom stereocenters. The highest BCUT2D eigenvalue weighted by molar-refractivity contribution is 7.45. The quantitative estimate of drug-likeness (QED) is 0.0195.